The molecule has 0 aliphatic carbocycles. The molecule has 0 aliphatic rings. The summed E-state index contributed by atoms with van der Waals surface area (Å²) >= 11 is 0. The molecule has 2 aromatic carbocycles. The lowest BCUT2D eigenvalue weighted by molar-refractivity contribution is 0.0526. The second kappa shape index (κ2) is 8.62. The standard InChI is InChI=1S/C21H18N2O4/c1-2-26-21(25)17-10-6-9-16(13-17)19-12-11-18(27-19)14-22-23-20(24)15-7-4-3-5-8-15/h3-14H,2H2,1H3,(H,23,24)/b22-14-. The van der Waals surface area contributed by atoms with Crippen molar-refractivity contribution in [1.82, 2.24) is 5.43 Å². The van der Waals surface area contributed by atoms with Gasteiger partial charge in [-0.1, -0.05) is 30.3 Å². The number of ether oxygens (including phenoxy) is 1. The minimum atomic E-state index is -0.378. The van der Waals surface area contributed by atoms with Gasteiger partial charge in [0.1, 0.15) is 11.5 Å². The number of carbonyl (C=O) groups excluding carboxylic acids is 2. The van der Waals surface area contributed by atoms with Crippen LogP contribution in [0.4, 0.5) is 0 Å². The second-order valence-corrected chi connectivity index (χ2v) is 5.57. The van der Waals surface area contributed by atoms with E-state index in [1.54, 1.807) is 61.5 Å². The molecule has 1 N–H and O–H groups in total. The van der Waals surface area contributed by atoms with Crippen LogP contribution in [0.2, 0.25) is 0 Å². The van der Waals surface area contributed by atoms with E-state index < -0.39 is 0 Å². The average molecular weight is 362 g/mol. The quantitative estimate of drug-likeness (QED) is 0.410. The molecule has 6 nitrogen and oxygen atoms in total. The van der Waals surface area contributed by atoms with E-state index in [1.165, 1.54) is 6.21 Å². The lowest BCUT2D eigenvalue weighted by Crippen LogP contribution is -2.17. The van der Waals surface area contributed by atoms with E-state index in [2.05, 4.69) is 10.5 Å². The Hall–Kier alpha value is -3.67. The molecule has 0 aliphatic heterocycles. The Morgan fingerprint density at radius 1 is 1.04 bits per heavy atom. The van der Waals surface area contributed by atoms with Crippen LogP contribution in [0.5, 0.6) is 0 Å². The fraction of sp³-hybridized carbons (Fsp3) is 0.0952. The van der Waals surface area contributed by atoms with Crippen LogP contribution in [0.15, 0.2) is 76.2 Å². The smallest absolute Gasteiger partial charge is 0.338 e. The third-order valence-electron chi connectivity index (χ3n) is 3.68. The summed E-state index contributed by atoms with van der Waals surface area (Å²) in [5.74, 6) is 0.369. The Labute approximate surface area is 156 Å². The summed E-state index contributed by atoms with van der Waals surface area (Å²) in [4.78, 5) is 23.8. The van der Waals surface area contributed by atoms with Crippen molar-refractivity contribution in [2.24, 2.45) is 5.10 Å². The van der Waals surface area contributed by atoms with E-state index >= 15 is 0 Å². The summed E-state index contributed by atoms with van der Waals surface area (Å²) < 4.78 is 10.7. The zero-order valence-corrected chi connectivity index (χ0v) is 14.7. The Morgan fingerprint density at radius 2 is 1.81 bits per heavy atom. The predicted octanol–water partition coefficient (Wildman–Crippen LogP) is 3.89. The van der Waals surface area contributed by atoms with Gasteiger partial charge in [0.25, 0.3) is 5.91 Å². The lowest BCUT2D eigenvalue weighted by atomic mass is 10.1. The number of hydrogen-bond acceptors (Lipinski definition) is 5. The van der Waals surface area contributed by atoms with Crippen LogP contribution in [0.25, 0.3) is 11.3 Å². The molecule has 0 saturated carbocycles. The molecule has 0 saturated heterocycles. The molecule has 0 radical (unpaired) electrons. The number of nitrogens with zero attached hydrogens (tertiary/aromatic N) is 1. The minimum Gasteiger partial charge on any atom is -0.462 e. The number of rotatable bonds is 6. The molecule has 0 bridgehead atoms. The molecule has 27 heavy (non-hydrogen) atoms. The number of furan rings is 1. The van der Waals surface area contributed by atoms with E-state index in [-0.39, 0.29) is 11.9 Å². The molecule has 6 heteroatoms. The first-order chi connectivity index (χ1) is 13.2. The van der Waals surface area contributed by atoms with E-state index in [0.717, 1.165) is 5.56 Å². The minimum absolute atomic E-state index is 0.305. The molecular formula is C21H18N2O4. The Bertz CT molecular complexity index is 961. The summed E-state index contributed by atoms with van der Waals surface area (Å²) in [6.07, 6.45) is 1.42. The van der Waals surface area contributed by atoms with Crippen molar-refractivity contribution < 1.29 is 18.7 Å². The highest BCUT2D eigenvalue weighted by Crippen LogP contribution is 2.23. The molecule has 1 heterocycles. The summed E-state index contributed by atoms with van der Waals surface area (Å²) in [6.45, 7) is 2.08. The Kier molecular flexibility index (Phi) is 5.79. The number of nitrogens with one attached hydrogen (secondary N) is 1. The summed E-state index contributed by atoms with van der Waals surface area (Å²) in [6, 6.07) is 19.3. The molecule has 0 atom stereocenters. The van der Waals surface area contributed by atoms with Crippen molar-refractivity contribution in [3.63, 3.8) is 0 Å². The fourth-order valence-electron chi connectivity index (χ4n) is 2.40. The number of hydrogen-bond donors (Lipinski definition) is 1. The Balaban J connectivity index is 1.67. The summed E-state index contributed by atoms with van der Waals surface area (Å²) in [5.41, 5.74) is 4.16. The van der Waals surface area contributed by atoms with Crippen molar-refractivity contribution >= 4 is 18.1 Å². The molecule has 3 rings (SSSR count). The first kappa shape index (κ1) is 18.1. The summed E-state index contributed by atoms with van der Waals surface area (Å²) in [5, 5.41) is 3.90. The van der Waals surface area contributed by atoms with Crippen molar-refractivity contribution in [2.45, 2.75) is 6.92 Å². The SMILES string of the molecule is CCOC(=O)c1cccc(-c2ccc(/C=N\NC(=O)c3ccccc3)o2)c1. The Morgan fingerprint density at radius 3 is 2.59 bits per heavy atom. The van der Waals surface area contributed by atoms with Gasteiger partial charge in [-0.3, -0.25) is 4.79 Å². The van der Waals surface area contributed by atoms with E-state index in [0.29, 0.717) is 29.3 Å². The second-order valence-electron chi connectivity index (χ2n) is 5.57. The zero-order valence-electron chi connectivity index (χ0n) is 14.7. The fourth-order valence-corrected chi connectivity index (χ4v) is 2.40. The molecule has 3 aromatic rings. The largest absolute Gasteiger partial charge is 0.462 e. The molecule has 0 fully saturated rings. The van der Waals surface area contributed by atoms with E-state index in [9.17, 15) is 9.59 Å². The third kappa shape index (κ3) is 4.70. The number of amides is 1. The lowest BCUT2D eigenvalue weighted by Gasteiger charge is -2.03. The maximum absolute atomic E-state index is 11.9. The first-order valence-corrected chi connectivity index (χ1v) is 8.43. The van der Waals surface area contributed by atoms with Crippen molar-refractivity contribution in [3.05, 3.63) is 83.6 Å². The van der Waals surface area contributed by atoms with Crippen LogP contribution >= 0.6 is 0 Å². The van der Waals surface area contributed by atoms with E-state index in [4.69, 9.17) is 9.15 Å². The molecule has 0 spiro atoms. The van der Waals surface area contributed by atoms with Gasteiger partial charge in [-0.15, -0.1) is 0 Å². The predicted molar refractivity (Wildman–Crippen MR) is 102 cm³/mol. The highest BCUT2D eigenvalue weighted by atomic mass is 16.5. The van der Waals surface area contributed by atoms with E-state index in [1.807, 2.05) is 12.1 Å². The van der Waals surface area contributed by atoms with Gasteiger partial charge in [-0.2, -0.15) is 5.10 Å². The number of esters is 1. The van der Waals surface area contributed by atoms with Crippen LogP contribution in [-0.2, 0) is 4.74 Å². The van der Waals surface area contributed by atoms with Gasteiger partial charge in [0.15, 0.2) is 0 Å². The molecule has 1 amide bonds. The third-order valence-corrected chi connectivity index (χ3v) is 3.68. The highest BCUT2D eigenvalue weighted by molar-refractivity contribution is 5.94. The van der Waals surface area contributed by atoms with Crippen LogP contribution in [0.1, 0.15) is 33.4 Å². The highest BCUT2D eigenvalue weighted by Gasteiger charge is 2.10. The molecule has 0 unspecified atom stereocenters. The van der Waals surface area contributed by atoms with Crippen LogP contribution in [-0.4, -0.2) is 24.7 Å². The van der Waals surface area contributed by atoms with Gasteiger partial charge in [0.05, 0.1) is 18.4 Å². The van der Waals surface area contributed by atoms with Crippen LogP contribution in [0.3, 0.4) is 0 Å². The molecule has 1 aromatic heterocycles. The number of benzene rings is 2. The monoisotopic (exact) mass is 362 g/mol. The van der Waals surface area contributed by atoms with Crippen molar-refractivity contribution in [1.29, 1.82) is 0 Å². The van der Waals surface area contributed by atoms with Gasteiger partial charge >= 0.3 is 5.97 Å². The van der Waals surface area contributed by atoms with Crippen molar-refractivity contribution in [3.8, 4) is 11.3 Å². The summed E-state index contributed by atoms with van der Waals surface area (Å²) in [7, 11) is 0. The first-order valence-electron chi connectivity index (χ1n) is 8.43. The average Bonchev–Trinajstić information content (AvgIpc) is 3.18. The number of hydrazone groups is 1. The molecular weight excluding hydrogens is 344 g/mol. The van der Waals surface area contributed by atoms with Crippen molar-refractivity contribution in [2.75, 3.05) is 6.61 Å². The maximum atomic E-state index is 11.9. The number of carbonyl (C=O) groups is 2. The van der Waals surface area contributed by atoms with Gasteiger partial charge in [-0.05, 0) is 43.3 Å². The molecule has 136 valence electrons. The van der Waals surface area contributed by atoms with Gasteiger partial charge in [0, 0.05) is 11.1 Å². The van der Waals surface area contributed by atoms with Gasteiger partial charge in [-0.25, -0.2) is 10.2 Å². The van der Waals surface area contributed by atoms with Crippen LogP contribution < -0.4 is 5.43 Å². The normalized spacial score (nSPS) is 10.7. The maximum Gasteiger partial charge on any atom is 0.338 e. The van der Waals surface area contributed by atoms with Crippen LogP contribution in [0, 0.1) is 0 Å². The van der Waals surface area contributed by atoms with Gasteiger partial charge < -0.3 is 9.15 Å². The zero-order chi connectivity index (χ0) is 19.1. The van der Waals surface area contributed by atoms with Gasteiger partial charge in [0.2, 0.25) is 0 Å². The topological polar surface area (TPSA) is 80.9 Å².